The minimum Gasteiger partial charge on any atom is -0.460 e. The molecule has 92 valence electrons. The highest BCUT2D eigenvalue weighted by atomic mass is 16.6. The summed E-state index contributed by atoms with van der Waals surface area (Å²) in [6.45, 7) is 8.16. The first-order valence-electron chi connectivity index (χ1n) is 4.94. The summed E-state index contributed by atoms with van der Waals surface area (Å²) >= 11 is 0. The third-order valence-corrected chi connectivity index (χ3v) is 1.41. The SMILES string of the molecule is C=C(COC(=O)CCO)C(=O)OC(C)(C)C. The highest BCUT2D eigenvalue weighted by Crippen LogP contribution is 2.10. The molecule has 0 aromatic heterocycles. The van der Waals surface area contributed by atoms with Crippen LogP contribution in [-0.2, 0) is 19.1 Å². The molecule has 0 aliphatic carbocycles. The molecule has 0 saturated heterocycles. The average Bonchev–Trinajstić information content (AvgIpc) is 2.11. The van der Waals surface area contributed by atoms with Crippen LogP contribution in [0.5, 0.6) is 0 Å². The first-order chi connectivity index (χ1) is 7.26. The van der Waals surface area contributed by atoms with Gasteiger partial charge in [-0.15, -0.1) is 0 Å². The van der Waals surface area contributed by atoms with Gasteiger partial charge in [-0.2, -0.15) is 0 Å². The molecule has 0 aliphatic rings. The van der Waals surface area contributed by atoms with Crippen molar-refractivity contribution in [2.24, 2.45) is 0 Å². The van der Waals surface area contributed by atoms with Crippen molar-refractivity contribution in [3.63, 3.8) is 0 Å². The highest BCUT2D eigenvalue weighted by Gasteiger charge is 2.19. The van der Waals surface area contributed by atoms with Crippen LogP contribution in [0.1, 0.15) is 27.2 Å². The second-order valence-electron chi connectivity index (χ2n) is 4.24. The minimum absolute atomic E-state index is 0.0706. The summed E-state index contributed by atoms with van der Waals surface area (Å²) in [7, 11) is 0. The molecule has 1 N–H and O–H groups in total. The third-order valence-electron chi connectivity index (χ3n) is 1.41. The topological polar surface area (TPSA) is 72.8 Å². The van der Waals surface area contributed by atoms with Gasteiger partial charge in [0.15, 0.2) is 0 Å². The number of carbonyl (C=O) groups is 2. The summed E-state index contributed by atoms with van der Waals surface area (Å²) in [6, 6.07) is 0. The van der Waals surface area contributed by atoms with E-state index in [-0.39, 0.29) is 25.2 Å². The zero-order valence-electron chi connectivity index (χ0n) is 9.91. The molecule has 0 aromatic rings. The quantitative estimate of drug-likeness (QED) is 0.559. The smallest absolute Gasteiger partial charge is 0.337 e. The van der Waals surface area contributed by atoms with Crippen molar-refractivity contribution in [2.75, 3.05) is 13.2 Å². The van der Waals surface area contributed by atoms with Crippen molar-refractivity contribution in [2.45, 2.75) is 32.8 Å². The second-order valence-corrected chi connectivity index (χ2v) is 4.24. The Morgan fingerprint density at radius 2 is 1.88 bits per heavy atom. The second kappa shape index (κ2) is 6.27. The minimum atomic E-state index is -0.602. The van der Waals surface area contributed by atoms with Gasteiger partial charge >= 0.3 is 11.9 Å². The van der Waals surface area contributed by atoms with Crippen LogP contribution in [0.4, 0.5) is 0 Å². The molecular formula is C11H18O5. The fourth-order valence-corrected chi connectivity index (χ4v) is 0.740. The van der Waals surface area contributed by atoms with E-state index in [9.17, 15) is 9.59 Å². The van der Waals surface area contributed by atoms with Crippen LogP contribution in [0.2, 0.25) is 0 Å². The Kier molecular flexibility index (Phi) is 5.74. The van der Waals surface area contributed by atoms with Crippen molar-refractivity contribution in [1.82, 2.24) is 0 Å². The highest BCUT2D eigenvalue weighted by molar-refractivity contribution is 5.88. The maximum absolute atomic E-state index is 11.4. The summed E-state index contributed by atoms with van der Waals surface area (Å²) < 4.78 is 9.69. The molecule has 16 heavy (non-hydrogen) atoms. The molecule has 0 aromatic carbocycles. The Hall–Kier alpha value is -1.36. The Morgan fingerprint density at radius 1 is 1.31 bits per heavy atom. The summed E-state index contributed by atoms with van der Waals surface area (Å²) in [5, 5.41) is 8.45. The first kappa shape index (κ1) is 14.6. The standard InChI is InChI=1S/C11H18O5/c1-8(7-15-9(13)5-6-12)10(14)16-11(2,3)4/h12H,1,5-7H2,2-4H3. The van der Waals surface area contributed by atoms with Gasteiger partial charge in [-0.05, 0) is 20.8 Å². The molecular weight excluding hydrogens is 212 g/mol. The van der Waals surface area contributed by atoms with Crippen LogP contribution >= 0.6 is 0 Å². The van der Waals surface area contributed by atoms with E-state index in [1.54, 1.807) is 20.8 Å². The molecule has 0 rings (SSSR count). The third kappa shape index (κ3) is 7.00. The maximum atomic E-state index is 11.4. The number of carbonyl (C=O) groups excluding carboxylic acids is 2. The molecule has 0 saturated carbocycles. The Morgan fingerprint density at radius 3 is 2.31 bits per heavy atom. The molecule has 0 heterocycles. The van der Waals surface area contributed by atoms with Gasteiger partial charge < -0.3 is 14.6 Å². The zero-order valence-corrected chi connectivity index (χ0v) is 9.91. The van der Waals surface area contributed by atoms with Crippen molar-refractivity contribution < 1.29 is 24.2 Å². The van der Waals surface area contributed by atoms with Gasteiger partial charge in [0.05, 0.1) is 18.6 Å². The number of rotatable bonds is 5. The molecule has 0 radical (unpaired) electrons. The first-order valence-corrected chi connectivity index (χ1v) is 4.94. The fourth-order valence-electron chi connectivity index (χ4n) is 0.740. The number of aliphatic hydroxyl groups is 1. The molecule has 0 bridgehead atoms. The van der Waals surface area contributed by atoms with Crippen LogP contribution in [0.15, 0.2) is 12.2 Å². The molecule has 0 aliphatic heterocycles. The van der Waals surface area contributed by atoms with E-state index in [1.807, 2.05) is 0 Å². The van der Waals surface area contributed by atoms with Gasteiger partial charge in [0.25, 0.3) is 0 Å². The van der Waals surface area contributed by atoms with E-state index in [0.29, 0.717) is 0 Å². The molecule has 0 spiro atoms. The van der Waals surface area contributed by atoms with Crippen molar-refractivity contribution in [3.8, 4) is 0 Å². The van der Waals surface area contributed by atoms with Gasteiger partial charge in [0.2, 0.25) is 0 Å². The zero-order chi connectivity index (χ0) is 12.8. The van der Waals surface area contributed by atoms with Gasteiger partial charge in [-0.3, -0.25) is 4.79 Å². The van der Waals surface area contributed by atoms with Crippen LogP contribution in [0, 0.1) is 0 Å². The monoisotopic (exact) mass is 230 g/mol. The fraction of sp³-hybridized carbons (Fsp3) is 0.636. The maximum Gasteiger partial charge on any atom is 0.337 e. The average molecular weight is 230 g/mol. The molecule has 0 atom stereocenters. The van der Waals surface area contributed by atoms with E-state index in [1.165, 1.54) is 0 Å². The lowest BCUT2D eigenvalue weighted by atomic mass is 10.2. The van der Waals surface area contributed by atoms with Crippen molar-refractivity contribution in [3.05, 3.63) is 12.2 Å². The van der Waals surface area contributed by atoms with Crippen LogP contribution in [0.3, 0.4) is 0 Å². The van der Waals surface area contributed by atoms with Crippen molar-refractivity contribution >= 4 is 11.9 Å². The Balaban J connectivity index is 3.98. The summed E-state index contributed by atoms with van der Waals surface area (Å²) in [5.74, 6) is -1.17. The van der Waals surface area contributed by atoms with E-state index in [0.717, 1.165) is 0 Å². The largest absolute Gasteiger partial charge is 0.460 e. The lowest BCUT2D eigenvalue weighted by Gasteiger charge is -2.20. The van der Waals surface area contributed by atoms with Crippen LogP contribution < -0.4 is 0 Å². The summed E-state index contributed by atoms with van der Waals surface area (Å²) in [4.78, 5) is 22.2. The number of hydrogen-bond donors (Lipinski definition) is 1. The number of aliphatic hydroxyl groups excluding tert-OH is 1. The number of ether oxygens (including phenoxy) is 2. The number of esters is 2. The predicted octanol–water partition coefficient (Wildman–Crippen LogP) is 0.810. The van der Waals surface area contributed by atoms with Gasteiger partial charge in [0, 0.05) is 0 Å². The molecule has 5 heteroatoms. The van der Waals surface area contributed by atoms with E-state index in [2.05, 4.69) is 11.3 Å². The Bertz CT molecular complexity index is 275. The lowest BCUT2D eigenvalue weighted by molar-refractivity contribution is -0.151. The van der Waals surface area contributed by atoms with Crippen LogP contribution in [-0.4, -0.2) is 35.9 Å². The van der Waals surface area contributed by atoms with Gasteiger partial charge in [0.1, 0.15) is 12.2 Å². The number of hydrogen-bond acceptors (Lipinski definition) is 5. The van der Waals surface area contributed by atoms with Gasteiger partial charge in [-0.25, -0.2) is 4.79 Å². The lowest BCUT2D eigenvalue weighted by Crippen LogP contribution is -2.26. The molecule has 0 unspecified atom stereocenters. The normalized spacial score (nSPS) is 10.8. The molecule has 5 nitrogen and oxygen atoms in total. The summed E-state index contributed by atoms with van der Waals surface area (Å²) in [5.41, 5.74) is -0.531. The summed E-state index contributed by atoms with van der Waals surface area (Å²) in [6.07, 6.45) is -0.0956. The molecule has 0 amide bonds. The predicted molar refractivity (Wildman–Crippen MR) is 57.6 cm³/mol. The van der Waals surface area contributed by atoms with Gasteiger partial charge in [-0.1, -0.05) is 6.58 Å². The Labute approximate surface area is 95.0 Å². The van der Waals surface area contributed by atoms with Crippen molar-refractivity contribution in [1.29, 1.82) is 0 Å². The van der Waals surface area contributed by atoms with E-state index < -0.39 is 17.5 Å². The van der Waals surface area contributed by atoms with E-state index >= 15 is 0 Å². The molecule has 0 fully saturated rings. The van der Waals surface area contributed by atoms with Crippen LogP contribution in [0.25, 0.3) is 0 Å². The van der Waals surface area contributed by atoms with E-state index in [4.69, 9.17) is 9.84 Å².